The van der Waals surface area contributed by atoms with E-state index in [9.17, 15) is 18.4 Å². The Labute approximate surface area is 198 Å². The Hall–Kier alpha value is -3.59. The van der Waals surface area contributed by atoms with Crippen LogP contribution in [0.25, 0.3) is 5.65 Å². The summed E-state index contributed by atoms with van der Waals surface area (Å²) in [6.07, 6.45) is 6.25. The fourth-order valence-electron chi connectivity index (χ4n) is 4.24. The lowest BCUT2D eigenvalue weighted by atomic mass is 10.1. The van der Waals surface area contributed by atoms with Crippen LogP contribution in [0.2, 0.25) is 0 Å². The van der Waals surface area contributed by atoms with E-state index in [-0.39, 0.29) is 24.2 Å². The van der Waals surface area contributed by atoms with Crippen LogP contribution >= 0.6 is 11.3 Å². The summed E-state index contributed by atoms with van der Waals surface area (Å²) in [7, 11) is 0. The number of fused-ring (bicyclic) bond motifs is 1. The van der Waals surface area contributed by atoms with Crippen molar-refractivity contribution in [2.75, 3.05) is 13.1 Å². The number of imidazole rings is 1. The molecule has 6 nitrogen and oxygen atoms in total. The number of amides is 2. The standard InChI is InChI=1S/C25H22F2N4O2S/c26-19-9-17(10-20(27)13-19)12-24(32)31-7-4-18(15-31)21-1-2-22(34-21)25(33)29-14-16-3-6-30-8-5-28-23(30)11-16/h1-3,5-6,8-11,13,18H,4,7,12,14-15H2,(H,29,33). The van der Waals surface area contributed by atoms with E-state index in [0.717, 1.165) is 28.6 Å². The second kappa shape index (κ2) is 9.34. The molecule has 1 aliphatic rings. The van der Waals surface area contributed by atoms with Gasteiger partial charge in [0.15, 0.2) is 0 Å². The smallest absolute Gasteiger partial charge is 0.261 e. The molecule has 0 aliphatic carbocycles. The van der Waals surface area contributed by atoms with Gasteiger partial charge >= 0.3 is 0 Å². The Morgan fingerprint density at radius 3 is 2.71 bits per heavy atom. The topological polar surface area (TPSA) is 66.7 Å². The number of carbonyl (C=O) groups is 2. The van der Waals surface area contributed by atoms with E-state index in [1.807, 2.05) is 41.1 Å². The SMILES string of the molecule is O=C(NCc1ccn2ccnc2c1)c1ccc(C2CCN(C(=O)Cc3cc(F)cc(F)c3)C2)s1. The predicted molar refractivity (Wildman–Crippen MR) is 125 cm³/mol. The van der Waals surface area contributed by atoms with Crippen molar-refractivity contribution >= 4 is 28.8 Å². The first-order valence-electron chi connectivity index (χ1n) is 11.0. The van der Waals surface area contributed by atoms with Crippen molar-refractivity contribution in [2.24, 2.45) is 0 Å². The number of thiophene rings is 1. The number of hydrogen-bond acceptors (Lipinski definition) is 4. The number of benzene rings is 1. The molecule has 1 saturated heterocycles. The summed E-state index contributed by atoms with van der Waals surface area (Å²) in [5.74, 6) is -1.53. The molecule has 1 unspecified atom stereocenters. The molecule has 0 radical (unpaired) electrons. The summed E-state index contributed by atoms with van der Waals surface area (Å²) in [5.41, 5.74) is 2.12. The fourth-order valence-corrected chi connectivity index (χ4v) is 5.29. The van der Waals surface area contributed by atoms with Crippen LogP contribution in [0, 0.1) is 11.6 Å². The summed E-state index contributed by atoms with van der Waals surface area (Å²) in [6, 6.07) is 10.8. The van der Waals surface area contributed by atoms with Gasteiger partial charge in [-0.2, -0.15) is 0 Å². The van der Waals surface area contributed by atoms with Gasteiger partial charge in [-0.05, 0) is 53.9 Å². The molecule has 9 heteroatoms. The molecule has 174 valence electrons. The molecule has 3 aromatic heterocycles. The van der Waals surface area contributed by atoms with Crippen LogP contribution in [0.5, 0.6) is 0 Å². The lowest BCUT2D eigenvalue weighted by Crippen LogP contribution is -2.29. The van der Waals surface area contributed by atoms with Gasteiger partial charge in [-0.15, -0.1) is 11.3 Å². The number of likely N-dealkylation sites (tertiary alicyclic amines) is 1. The number of nitrogens with one attached hydrogen (secondary N) is 1. The lowest BCUT2D eigenvalue weighted by molar-refractivity contribution is -0.129. The van der Waals surface area contributed by atoms with Crippen LogP contribution in [0.3, 0.4) is 0 Å². The van der Waals surface area contributed by atoms with Gasteiger partial charge in [0.25, 0.3) is 5.91 Å². The van der Waals surface area contributed by atoms with Crippen LogP contribution in [0.1, 0.15) is 38.0 Å². The molecule has 4 heterocycles. The largest absolute Gasteiger partial charge is 0.347 e. The predicted octanol–water partition coefficient (Wildman–Crippen LogP) is 4.16. The third-order valence-corrected chi connectivity index (χ3v) is 7.23. The average molecular weight is 481 g/mol. The molecular weight excluding hydrogens is 458 g/mol. The molecule has 0 spiro atoms. The molecule has 1 aromatic carbocycles. The van der Waals surface area contributed by atoms with E-state index in [0.29, 0.717) is 30.1 Å². The maximum atomic E-state index is 13.4. The summed E-state index contributed by atoms with van der Waals surface area (Å²) in [6.45, 7) is 1.52. The number of aromatic nitrogens is 2. The summed E-state index contributed by atoms with van der Waals surface area (Å²) in [4.78, 5) is 32.9. The minimum Gasteiger partial charge on any atom is -0.347 e. The minimum atomic E-state index is -0.687. The molecule has 1 atom stereocenters. The Bertz CT molecular complexity index is 1350. The van der Waals surface area contributed by atoms with E-state index >= 15 is 0 Å². The van der Waals surface area contributed by atoms with Crippen LogP contribution in [-0.4, -0.2) is 39.2 Å². The van der Waals surface area contributed by atoms with Crippen LogP contribution in [0.15, 0.2) is 61.1 Å². The van der Waals surface area contributed by atoms with Crippen LogP contribution in [0.4, 0.5) is 8.78 Å². The second-order valence-corrected chi connectivity index (χ2v) is 9.51. The highest BCUT2D eigenvalue weighted by molar-refractivity contribution is 7.14. The number of pyridine rings is 1. The molecule has 0 bridgehead atoms. The lowest BCUT2D eigenvalue weighted by Gasteiger charge is -2.16. The number of carbonyl (C=O) groups excluding carboxylic acids is 2. The molecule has 0 saturated carbocycles. The number of hydrogen-bond donors (Lipinski definition) is 1. The molecule has 1 fully saturated rings. The quantitative estimate of drug-likeness (QED) is 0.451. The van der Waals surface area contributed by atoms with Crippen molar-refractivity contribution in [1.29, 1.82) is 0 Å². The van der Waals surface area contributed by atoms with E-state index < -0.39 is 11.6 Å². The van der Waals surface area contributed by atoms with Crippen molar-refractivity contribution < 1.29 is 18.4 Å². The molecule has 2 amide bonds. The highest BCUT2D eigenvalue weighted by Gasteiger charge is 2.29. The molecule has 5 rings (SSSR count). The maximum Gasteiger partial charge on any atom is 0.261 e. The Morgan fingerprint density at radius 2 is 1.88 bits per heavy atom. The van der Waals surface area contributed by atoms with E-state index in [4.69, 9.17) is 0 Å². The highest BCUT2D eigenvalue weighted by Crippen LogP contribution is 2.32. The molecule has 1 N–H and O–H groups in total. The van der Waals surface area contributed by atoms with Gasteiger partial charge in [-0.25, -0.2) is 13.8 Å². The van der Waals surface area contributed by atoms with E-state index in [1.54, 1.807) is 11.1 Å². The fraction of sp³-hybridized carbons (Fsp3) is 0.240. The first-order chi connectivity index (χ1) is 16.4. The zero-order valence-corrected chi connectivity index (χ0v) is 19.0. The summed E-state index contributed by atoms with van der Waals surface area (Å²) < 4.78 is 28.7. The van der Waals surface area contributed by atoms with Crippen molar-refractivity contribution in [2.45, 2.75) is 25.3 Å². The molecular formula is C25H22F2N4O2S. The van der Waals surface area contributed by atoms with Gasteiger partial charge in [0.05, 0.1) is 11.3 Å². The molecule has 1 aliphatic heterocycles. The highest BCUT2D eigenvalue weighted by atomic mass is 32.1. The monoisotopic (exact) mass is 480 g/mol. The number of halogens is 2. The van der Waals surface area contributed by atoms with E-state index in [1.165, 1.54) is 23.5 Å². The molecule has 4 aromatic rings. The summed E-state index contributed by atoms with van der Waals surface area (Å²) >= 11 is 1.43. The third-order valence-electron chi connectivity index (χ3n) is 5.99. The van der Waals surface area contributed by atoms with Crippen molar-refractivity contribution in [3.63, 3.8) is 0 Å². The van der Waals surface area contributed by atoms with Gasteiger partial charge in [-0.3, -0.25) is 9.59 Å². The zero-order chi connectivity index (χ0) is 23.7. The first-order valence-corrected chi connectivity index (χ1v) is 11.8. The van der Waals surface area contributed by atoms with Crippen molar-refractivity contribution in [1.82, 2.24) is 19.6 Å². The average Bonchev–Trinajstić information content (AvgIpc) is 3.56. The minimum absolute atomic E-state index is 0.0377. The second-order valence-electron chi connectivity index (χ2n) is 8.39. The zero-order valence-electron chi connectivity index (χ0n) is 18.2. The maximum absolute atomic E-state index is 13.4. The summed E-state index contributed by atoms with van der Waals surface area (Å²) in [5, 5.41) is 2.95. The first kappa shape index (κ1) is 22.2. The van der Waals surface area contributed by atoms with Crippen molar-refractivity contribution in [3.8, 4) is 0 Å². The Kier molecular flexibility index (Phi) is 6.10. The number of nitrogens with zero attached hydrogens (tertiary/aromatic N) is 3. The van der Waals surface area contributed by atoms with Crippen molar-refractivity contribution in [3.05, 3.63) is 93.6 Å². The van der Waals surface area contributed by atoms with Gasteiger partial charge in [0.2, 0.25) is 5.91 Å². The third kappa shape index (κ3) is 4.84. The molecule has 34 heavy (non-hydrogen) atoms. The Balaban J connectivity index is 1.16. The normalized spacial score (nSPS) is 15.7. The van der Waals surface area contributed by atoms with E-state index in [2.05, 4.69) is 10.3 Å². The Morgan fingerprint density at radius 1 is 1.06 bits per heavy atom. The number of rotatable bonds is 6. The van der Waals surface area contributed by atoms with Gasteiger partial charge in [-0.1, -0.05) is 0 Å². The van der Waals surface area contributed by atoms with Gasteiger partial charge in [0.1, 0.15) is 17.3 Å². The van der Waals surface area contributed by atoms with Gasteiger partial charge in [0, 0.05) is 55.1 Å². The van der Waals surface area contributed by atoms with Crippen LogP contribution < -0.4 is 5.32 Å². The van der Waals surface area contributed by atoms with Gasteiger partial charge < -0.3 is 14.6 Å². The van der Waals surface area contributed by atoms with Crippen LogP contribution in [-0.2, 0) is 17.8 Å².